The quantitative estimate of drug-likeness (QED) is 0.688. The molecule has 0 spiro atoms. The molecule has 18 heavy (non-hydrogen) atoms. The van der Waals surface area contributed by atoms with Crippen LogP contribution in [0.4, 0.5) is 11.4 Å². The minimum absolute atomic E-state index is 0.174. The van der Waals surface area contributed by atoms with E-state index in [2.05, 4.69) is 5.32 Å². The fourth-order valence-corrected chi connectivity index (χ4v) is 2.14. The Morgan fingerprint density at radius 3 is 3.06 bits per heavy atom. The third-order valence-electron chi connectivity index (χ3n) is 3.06. The fourth-order valence-electron chi connectivity index (χ4n) is 2.14. The van der Waals surface area contributed by atoms with Gasteiger partial charge in [0.1, 0.15) is 0 Å². The molecule has 1 aromatic rings. The number of hydrogen-bond donors (Lipinski definition) is 3. The molecule has 0 radical (unpaired) electrons. The second kappa shape index (κ2) is 5.88. The lowest BCUT2D eigenvalue weighted by Crippen LogP contribution is -2.38. The standard InChI is InChI=1S/C12H20N4O2/c13-9-6-11(14)12(17)16(8-9)4-1-2-10-7-15-3-5-18-10/h6,8,10,15H,1-5,7,13-14H2. The number of nitrogens with zero attached hydrogens (tertiary/aromatic N) is 1. The van der Waals surface area contributed by atoms with Crippen LogP contribution in [0.5, 0.6) is 0 Å². The molecule has 0 amide bonds. The molecule has 1 atom stereocenters. The van der Waals surface area contributed by atoms with Crippen LogP contribution in [0.15, 0.2) is 17.1 Å². The van der Waals surface area contributed by atoms with Crippen molar-refractivity contribution in [2.45, 2.75) is 25.5 Å². The molecule has 1 saturated heterocycles. The molecule has 2 heterocycles. The molecule has 1 aliphatic heterocycles. The lowest BCUT2D eigenvalue weighted by atomic mass is 10.1. The highest BCUT2D eigenvalue weighted by Gasteiger charge is 2.12. The molecule has 0 bridgehead atoms. The van der Waals surface area contributed by atoms with Crippen molar-refractivity contribution in [2.24, 2.45) is 0 Å². The van der Waals surface area contributed by atoms with Gasteiger partial charge in [-0.05, 0) is 18.9 Å². The third kappa shape index (κ3) is 3.24. The topological polar surface area (TPSA) is 95.3 Å². The van der Waals surface area contributed by atoms with Gasteiger partial charge in [0, 0.05) is 25.8 Å². The van der Waals surface area contributed by atoms with Crippen LogP contribution in [0.2, 0.25) is 0 Å². The van der Waals surface area contributed by atoms with Gasteiger partial charge in [0.25, 0.3) is 5.56 Å². The lowest BCUT2D eigenvalue weighted by Gasteiger charge is -2.23. The van der Waals surface area contributed by atoms with E-state index in [0.29, 0.717) is 12.2 Å². The maximum absolute atomic E-state index is 11.7. The molecule has 0 saturated carbocycles. The summed E-state index contributed by atoms with van der Waals surface area (Å²) < 4.78 is 7.16. The van der Waals surface area contributed by atoms with Crippen molar-refractivity contribution in [2.75, 3.05) is 31.2 Å². The number of anilines is 2. The Balaban J connectivity index is 1.88. The second-order valence-electron chi connectivity index (χ2n) is 4.57. The summed E-state index contributed by atoms with van der Waals surface area (Å²) >= 11 is 0. The van der Waals surface area contributed by atoms with E-state index in [1.165, 1.54) is 6.07 Å². The van der Waals surface area contributed by atoms with E-state index in [9.17, 15) is 4.79 Å². The predicted octanol–water partition coefficient (Wildman–Crippen LogP) is -0.219. The van der Waals surface area contributed by atoms with Crippen LogP contribution in [0.3, 0.4) is 0 Å². The van der Waals surface area contributed by atoms with Gasteiger partial charge in [0.05, 0.1) is 24.1 Å². The Bertz CT molecular complexity index is 452. The first-order chi connectivity index (χ1) is 8.66. The molecular weight excluding hydrogens is 232 g/mol. The van der Waals surface area contributed by atoms with E-state index >= 15 is 0 Å². The van der Waals surface area contributed by atoms with E-state index < -0.39 is 0 Å². The number of rotatable bonds is 4. The number of nitrogen functional groups attached to an aromatic ring is 2. The second-order valence-corrected chi connectivity index (χ2v) is 4.57. The van der Waals surface area contributed by atoms with Gasteiger partial charge in [-0.25, -0.2) is 0 Å². The Morgan fingerprint density at radius 2 is 2.33 bits per heavy atom. The number of aromatic nitrogens is 1. The molecule has 0 aromatic carbocycles. The van der Waals surface area contributed by atoms with Crippen molar-refractivity contribution in [3.05, 3.63) is 22.6 Å². The highest BCUT2D eigenvalue weighted by Crippen LogP contribution is 2.08. The third-order valence-corrected chi connectivity index (χ3v) is 3.06. The highest BCUT2D eigenvalue weighted by atomic mass is 16.5. The van der Waals surface area contributed by atoms with Gasteiger partial charge < -0.3 is 26.1 Å². The van der Waals surface area contributed by atoms with Crippen LogP contribution < -0.4 is 22.3 Å². The monoisotopic (exact) mass is 252 g/mol. The molecule has 6 heteroatoms. The first-order valence-corrected chi connectivity index (χ1v) is 6.24. The predicted molar refractivity (Wildman–Crippen MR) is 71.4 cm³/mol. The number of hydrogen-bond acceptors (Lipinski definition) is 5. The Hall–Kier alpha value is -1.53. The molecule has 1 aromatic heterocycles. The lowest BCUT2D eigenvalue weighted by molar-refractivity contribution is 0.0217. The Kier molecular flexibility index (Phi) is 4.22. The number of pyridine rings is 1. The molecule has 1 fully saturated rings. The fraction of sp³-hybridized carbons (Fsp3) is 0.583. The van der Waals surface area contributed by atoms with Crippen molar-refractivity contribution in [3.63, 3.8) is 0 Å². The summed E-state index contributed by atoms with van der Waals surface area (Å²) in [5.74, 6) is 0. The van der Waals surface area contributed by atoms with E-state index in [1.807, 2.05) is 0 Å². The average Bonchev–Trinajstić information content (AvgIpc) is 2.36. The van der Waals surface area contributed by atoms with Crippen molar-refractivity contribution < 1.29 is 4.74 Å². The van der Waals surface area contributed by atoms with Gasteiger partial charge in [-0.1, -0.05) is 0 Å². The number of aryl methyl sites for hydroxylation is 1. The molecule has 1 aliphatic rings. The minimum Gasteiger partial charge on any atom is -0.397 e. The number of nitrogens with one attached hydrogen (secondary N) is 1. The van der Waals surface area contributed by atoms with Crippen LogP contribution in [0, 0.1) is 0 Å². The summed E-state index contributed by atoms with van der Waals surface area (Å²) in [6.45, 7) is 3.18. The summed E-state index contributed by atoms with van der Waals surface area (Å²) in [6.07, 6.45) is 3.68. The summed E-state index contributed by atoms with van der Waals surface area (Å²) in [6, 6.07) is 1.49. The van der Waals surface area contributed by atoms with Crippen molar-refractivity contribution >= 4 is 11.4 Å². The smallest absolute Gasteiger partial charge is 0.273 e. The van der Waals surface area contributed by atoms with Gasteiger partial charge in [0.2, 0.25) is 0 Å². The van der Waals surface area contributed by atoms with E-state index in [-0.39, 0.29) is 17.4 Å². The molecule has 2 rings (SSSR count). The van der Waals surface area contributed by atoms with Gasteiger partial charge >= 0.3 is 0 Å². The molecule has 5 N–H and O–H groups in total. The van der Waals surface area contributed by atoms with Gasteiger partial charge in [0.15, 0.2) is 0 Å². The minimum atomic E-state index is -0.174. The van der Waals surface area contributed by atoms with Crippen LogP contribution in [0.25, 0.3) is 0 Å². The average molecular weight is 252 g/mol. The highest BCUT2D eigenvalue weighted by molar-refractivity contribution is 5.48. The zero-order valence-corrected chi connectivity index (χ0v) is 10.4. The summed E-state index contributed by atoms with van der Waals surface area (Å²) in [5, 5.41) is 3.28. The van der Waals surface area contributed by atoms with Crippen molar-refractivity contribution in [1.29, 1.82) is 0 Å². The van der Waals surface area contributed by atoms with Crippen LogP contribution in [0.1, 0.15) is 12.8 Å². The molecular formula is C12H20N4O2. The molecule has 0 aliphatic carbocycles. The molecule has 100 valence electrons. The summed E-state index contributed by atoms with van der Waals surface area (Å²) in [5.41, 5.74) is 11.8. The summed E-state index contributed by atoms with van der Waals surface area (Å²) in [4.78, 5) is 11.7. The van der Waals surface area contributed by atoms with Crippen LogP contribution in [-0.4, -0.2) is 30.4 Å². The Labute approximate surface area is 106 Å². The van der Waals surface area contributed by atoms with Gasteiger partial charge in [-0.15, -0.1) is 0 Å². The van der Waals surface area contributed by atoms with Crippen molar-refractivity contribution in [1.82, 2.24) is 9.88 Å². The van der Waals surface area contributed by atoms with Crippen molar-refractivity contribution in [3.8, 4) is 0 Å². The van der Waals surface area contributed by atoms with Gasteiger partial charge in [-0.3, -0.25) is 4.79 Å². The Morgan fingerprint density at radius 1 is 1.50 bits per heavy atom. The molecule has 1 unspecified atom stereocenters. The maximum Gasteiger partial charge on any atom is 0.273 e. The van der Waals surface area contributed by atoms with E-state index in [4.69, 9.17) is 16.2 Å². The SMILES string of the molecule is Nc1cc(N)c(=O)n(CCCC2CNCCO2)c1. The number of nitrogens with two attached hydrogens (primary N) is 2. The molecule has 6 nitrogen and oxygen atoms in total. The number of morpholine rings is 1. The normalized spacial score (nSPS) is 19.9. The zero-order valence-electron chi connectivity index (χ0n) is 10.4. The largest absolute Gasteiger partial charge is 0.397 e. The first-order valence-electron chi connectivity index (χ1n) is 6.24. The van der Waals surface area contributed by atoms with E-state index in [0.717, 1.165) is 32.5 Å². The van der Waals surface area contributed by atoms with Crippen LogP contribution in [-0.2, 0) is 11.3 Å². The van der Waals surface area contributed by atoms with E-state index in [1.54, 1.807) is 10.8 Å². The van der Waals surface area contributed by atoms with Gasteiger partial charge in [-0.2, -0.15) is 0 Å². The maximum atomic E-state index is 11.7. The number of ether oxygens (including phenoxy) is 1. The van der Waals surface area contributed by atoms with Crippen LogP contribution >= 0.6 is 0 Å². The zero-order chi connectivity index (χ0) is 13.0. The summed E-state index contributed by atoms with van der Waals surface area (Å²) in [7, 11) is 0. The first kappa shape index (κ1) is 12.9.